The van der Waals surface area contributed by atoms with Crippen LogP contribution in [-0.2, 0) is 6.42 Å². The number of aliphatic hydroxyl groups excluding tert-OH is 1. The minimum absolute atomic E-state index is 0.201. The van der Waals surface area contributed by atoms with E-state index >= 15 is 0 Å². The minimum atomic E-state index is -0.548. The zero-order valence-electron chi connectivity index (χ0n) is 11.3. The Balaban J connectivity index is 2.01. The Labute approximate surface area is 115 Å². The topological polar surface area (TPSA) is 44.0 Å². The van der Waals surface area contributed by atoms with Crippen molar-refractivity contribution in [2.75, 3.05) is 0 Å². The van der Waals surface area contributed by atoms with E-state index in [1.165, 1.54) is 43.2 Å². The van der Waals surface area contributed by atoms with Gasteiger partial charge in [-0.2, -0.15) is 5.26 Å². The lowest BCUT2D eigenvalue weighted by molar-refractivity contribution is 0.180. The molecular formula is C17H21NO. The fraction of sp³-hybridized carbons (Fsp3) is 0.471. The van der Waals surface area contributed by atoms with Crippen LogP contribution in [0.3, 0.4) is 0 Å². The van der Waals surface area contributed by atoms with E-state index < -0.39 is 6.10 Å². The molecule has 0 saturated carbocycles. The van der Waals surface area contributed by atoms with Crippen molar-refractivity contribution >= 4 is 5.57 Å². The summed E-state index contributed by atoms with van der Waals surface area (Å²) in [7, 11) is 0. The normalized spacial score (nSPS) is 17.2. The van der Waals surface area contributed by atoms with E-state index in [4.69, 9.17) is 5.26 Å². The van der Waals surface area contributed by atoms with E-state index in [9.17, 15) is 5.11 Å². The van der Waals surface area contributed by atoms with Crippen LogP contribution in [0.4, 0.5) is 0 Å². The van der Waals surface area contributed by atoms with Crippen LogP contribution in [0.25, 0.3) is 5.57 Å². The second-order valence-electron chi connectivity index (χ2n) is 5.25. The summed E-state index contributed by atoms with van der Waals surface area (Å²) in [5.74, 6) is 0. The zero-order valence-corrected chi connectivity index (χ0v) is 11.3. The number of rotatable bonds is 4. The van der Waals surface area contributed by atoms with Gasteiger partial charge in [0, 0.05) is 0 Å². The molecule has 0 bridgehead atoms. The van der Waals surface area contributed by atoms with E-state index in [0.717, 1.165) is 5.56 Å². The molecule has 0 fully saturated rings. The first-order valence-corrected chi connectivity index (χ1v) is 7.13. The molecule has 0 aromatic heterocycles. The second kappa shape index (κ2) is 7.11. The maximum atomic E-state index is 9.62. The van der Waals surface area contributed by atoms with Gasteiger partial charge >= 0.3 is 0 Å². The first-order chi connectivity index (χ1) is 9.29. The van der Waals surface area contributed by atoms with E-state index in [1.807, 2.05) is 6.07 Å². The molecule has 1 aromatic rings. The third kappa shape index (κ3) is 4.22. The Bertz CT molecular complexity index is 467. The van der Waals surface area contributed by atoms with Gasteiger partial charge in [-0.25, -0.2) is 0 Å². The van der Waals surface area contributed by atoms with Crippen LogP contribution in [-0.4, -0.2) is 11.2 Å². The van der Waals surface area contributed by atoms with E-state index in [1.54, 1.807) is 0 Å². The molecule has 0 saturated heterocycles. The van der Waals surface area contributed by atoms with Gasteiger partial charge in [0.25, 0.3) is 0 Å². The largest absolute Gasteiger partial charge is 0.392 e. The summed E-state index contributed by atoms with van der Waals surface area (Å²) in [6.45, 7) is 0. The fourth-order valence-electron chi connectivity index (χ4n) is 2.58. The van der Waals surface area contributed by atoms with Gasteiger partial charge in [-0.3, -0.25) is 0 Å². The number of hydrogen-bond donors (Lipinski definition) is 1. The number of aliphatic hydroxyl groups is 1. The zero-order chi connectivity index (χ0) is 13.5. The number of nitrogens with zero attached hydrogens (tertiary/aromatic N) is 1. The molecule has 1 aliphatic carbocycles. The molecule has 1 aromatic carbocycles. The van der Waals surface area contributed by atoms with Crippen molar-refractivity contribution in [2.24, 2.45) is 0 Å². The maximum Gasteiger partial charge on any atom is 0.0710 e. The highest BCUT2D eigenvalue weighted by Gasteiger charge is 2.07. The quantitative estimate of drug-likeness (QED) is 0.888. The first kappa shape index (κ1) is 13.8. The fourth-order valence-corrected chi connectivity index (χ4v) is 2.58. The molecule has 0 radical (unpaired) electrons. The predicted octanol–water partition coefficient (Wildman–Crippen LogP) is 3.85. The molecule has 19 heavy (non-hydrogen) atoms. The Morgan fingerprint density at radius 3 is 2.68 bits per heavy atom. The van der Waals surface area contributed by atoms with Gasteiger partial charge < -0.3 is 5.11 Å². The summed E-state index contributed by atoms with van der Waals surface area (Å²) in [6, 6.07) is 10.4. The van der Waals surface area contributed by atoms with Gasteiger partial charge in [0.05, 0.1) is 18.6 Å². The third-order valence-electron chi connectivity index (χ3n) is 3.66. The van der Waals surface area contributed by atoms with E-state index in [2.05, 4.69) is 30.3 Å². The molecule has 0 spiro atoms. The maximum absolute atomic E-state index is 9.62. The van der Waals surface area contributed by atoms with Crippen LogP contribution >= 0.6 is 0 Å². The molecule has 0 heterocycles. The number of allylic oxidation sites excluding steroid dienone is 2. The molecule has 2 nitrogen and oxygen atoms in total. The summed E-state index contributed by atoms with van der Waals surface area (Å²) in [5, 5.41) is 18.2. The molecule has 1 atom stereocenters. The van der Waals surface area contributed by atoms with Crippen LogP contribution in [0.15, 0.2) is 30.3 Å². The first-order valence-electron chi connectivity index (χ1n) is 7.13. The number of nitriles is 1. The standard InChI is InChI=1S/C17H21NO/c18-12-11-17(19)13-14-7-9-16(10-8-14)15-5-3-1-2-4-6-15/h5,7-10,17,19H,1-4,6,11,13H2/t17-/m0/s1. The minimum Gasteiger partial charge on any atom is -0.392 e. The average molecular weight is 255 g/mol. The van der Waals surface area contributed by atoms with Crippen LogP contribution in [0.2, 0.25) is 0 Å². The van der Waals surface area contributed by atoms with Crippen molar-refractivity contribution in [3.8, 4) is 6.07 Å². The lowest BCUT2D eigenvalue weighted by Gasteiger charge is -2.09. The molecule has 2 rings (SSSR count). The van der Waals surface area contributed by atoms with E-state index in [-0.39, 0.29) is 6.42 Å². The molecule has 2 heteroatoms. The summed E-state index contributed by atoms with van der Waals surface area (Å²) in [6.07, 6.45) is 8.88. The summed E-state index contributed by atoms with van der Waals surface area (Å²) in [4.78, 5) is 0. The highest BCUT2D eigenvalue weighted by atomic mass is 16.3. The molecule has 0 aliphatic heterocycles. The van der Waals surface area contributed by atoms with Crippen molar-refractivity contribution < 1.29 is 5.11 Å². The summed E-state index contributed by atoms with van der Waals surface area (Å²) < 4.78 is 0. The van der Waals surface area contributed by atoms with Crippen molar-refractivity contribution in [2.45, 2.75) is 51.0 Å². The van der Waals surface area contributed by atoms with Crippen molar-refractivity contribution in [3.05, 3.63) is 41.5 Å². The SMILES string of the molecule is N#CC[C@H](O)Cc1ccc(C2=CCCCCC2)cc1. The lowest BCUT2D eigenvalue weighted by Crippen LogP contribution is -2.08. The van der Waals surface area contributed by atoms with Gasteiger partial charge in [-0.1, -0.05) is 36.8 Å². The number of benzene rings is 1. The highest BCUT2D eigenvalue weighted by Crippen LogP contribution is 2.26. The molecule has 1 N–H and O–H groups in total. The Morgan fingerprint density at radius 1 is 1.16 bits per heavy atom. The Morgan fingerprint density at radius 2 is 1.95 bits per heavy atom. The monoisotopic (exact) mass is 255 g/mol. The van der Waals surface area contributed by atoms with Crippen LogP contribution in [0, 0.1) is 11.3 Å². The smallest absolute Gasteiger partial charge is 0.0710 e. The van der Waals surface area contributed by atoms with Crippen molar-refractivity contribution in [1.82, 2.24) is 0 Å². The van der Waals surface area contributed by atoms with Crippen LogP contribution in [0.1, 0.15) is 49.7 Å². The van der Waals surface area contributed by atoms with Crippen LogP contribution < -0.4 is 0 Å². The molecule has 0 amide bonds. The average Bonchev–Trinajstić information content (AvgIpc) is 2.69. The molecular weight excluding hydrogens is 234 g/mol. The number of hydrogen-bond acceptors (Lipinski definition) is 2. The van der Waals surface area contributed by atoms with Gasteiger partial charge in [-0.05, 0) is 48.8 Å². The predicted molar refractivity (Wildman–Crippen MR) is 77.4 cm³/mol. The van der Waals surface area contributed by atoms with Crippen molar-refractivity contribution in [3.63, 3.8) is 0 Å². The molecule has 0 unspecified atom stereocenters. The third-order valence-corrected chi connectivity index (χ3v) is 3.66. The molecule has 1 aliphatic rings. The van der Waals surface area contributed by atoms with Crippen LogP contribution in [0.5, 0.6) is 0 Å². The van der Waals surface area contributed by atoms with Gasteiger partial charge in [0.15, 0.2) is 0 Å². The second-order valence-corrected chi connectivity index (χ2v) is 5.25. The Hall–Kier alpha value is -1.59. The molecule has 100 valence electrons. The highest BCUT2D eigenvalue weighted by molar-refractivity contribution is 5.65. The Kier molecular flexibility index (Phi) is 5.18. The van der Waals surface area contributed by atoms with Gasteiger partial charge in [0.2, 0.25) is 0 Å². The summed E-state index contributed by atoms with van der Waals surface area (Å²) >= 11 is 0. The lowest BCUT2D eigenvalue weighted by atomic mass is 9.98. The van der Waals surface area contributed by atoms with Gasteiger partial charge in [-0.15, -0.1) is 0 Å². The van der Waals surface area contributed by atoms with Gasteiger partial charge in [0.1, 0.15) is 0 Å². The summed E-state index contributed by atoms with van der Waals surface area (Å²) in [5.41, 5.74) is 3.86. The van der Waals surface area contributed by atoms with Crippen molar-refractivity contribution in [1.29, 1.82) is 5.26 Å². The van der Waals surface area contributed by atoms with E-state index in [0.29, 0.717) is 6.42 Å².